The summed E-state index contributed by atoms with van der Waals surface area (Å²) in [6.07, 6.45) is -4.67. The molecule has 0 saturated carbocycles. The average Bonchev–Trinajstić information content (AvgIpc) is 3.01. The third-order valence-corrected chi connectivity index (χ3v) is 6.97. The molecule has 0 radical (unpaired) electrons. The number of hydrogen-bond acceptors (Lipinski definition) is 4. The molecular formula is C18H14ClF3N2O2S2. The number of aryl methyl sites for hydroxylation is 1. The third kappa shape index (κ3) is 4.54. The van der Waals surface area contributed by atoms with Crippen LogP contribution >= 0.6 is 22.9 Å². The highest BCUT2D eigenvalue weighted by molar-refractivity contribution is 7.89. The first-order chi connectivity index (χ1) is 13.1. The largest absolute Gasteiger partial charge is 0.416 e. The van der Waals surface area contributed by atoms with Gasteiger partial charge in [0.05, 0.1) is 16.3 Å². The van der Waals surface area contributed by atoms with E-state index < -0.39 is 26.7 Å². The van der Waals surface area contributed by atoms with Crippen LogP contribution in [0.2, 0.25) is 5.02 Å². The van der Waals surface area contributed by atoms with E-state index in [1.165, 1.54) is 11.3 Å². The molecule has 0 aliphatic heterocycles. The zero-order chi connectivity index (χ0) is 20.5. The first-order valence-corrected chi connectivity index (χ1v) is 10.6. The van der Waals surface area contributed by atoms with Crippen molar-refractivity contribution < 1.29 is 21.6 Å². The zero-order valence-electron chi connectivity index (χ0n) is 14.4. The molecule has 3 rings (SSSR count). The second-order valence-corrected chi connectivity index (χ2v) is 9.09. The molecule has 0 spiro atoms. The summed E-state index contributed by atoms with van der Waals surface area (Å²) in [6, 6.07) is 11.6. The van der Waals surface area contributed by atoms with E-state index in [0.717, 1.165) is 22.7 Å². The summed E-state index contributed by atoms with van der Waals surface area (Å²) in [6.45, 7) is 1.63. The third-order valence-electron chi connectivity index (χ3n) is 3.88. The highest BCUT2D eigenvalue weighted by atomic mass is 35.5. The number of rotatable bonds is 5. The van der Waals surface area contributed by atoms with Gasteiger partial charge in [0.25, 0.3) is 0 Å². The van der Waals surface area contributed by atoms with Gasteiger partial charge in [0.15, 0.2) is 0 Å². The molecular weight excluding hydrogens is 433 g/mol. The lowest BCUT2D eigenvalue weighted by Gasteiger charge is -2.11. The minimum atomic E-state index is -4.67. The number of benzene rings is 2. The van der Waals surface area contributed by atoms with Crippen LogP contribution < -0.4 is 4.72 Å². The van der Waals surface area contributed by atoms with Crippen LogP contribution in [0.5, 0.6) is 0 Å². The molecule has 0 atom stereocenters. The molecule has 148 valence electrons. The number of hydrogen-bond donors (Lipinski definition) is 1. The molecule has 10 heteroatoms. The number of nitrogens with one attached hydrogen (secondary N) is 1. The Hall–Kier alpha value is -1.94. The van der Waals surface area contributed by atoms with Crippen molar-refractivity contribution in [2.24, 2.45) is 0 Å². The highest BCUT2D eigenvalue weighted by Crippen LogP contribution is 2.33. The minimum absolute atomic E-state index is 0.106. The molecule has 0 amide bonds. The minimum Gasteiger partial charge on any atom is -0.241 e. The van der Waals surface area contributed by atoms with Gasteiger partial charge in [-0.25, -0.2) is 18.1 Å². The monoisotopic (exact) mass is 446 g/mol. The zero-order valence-corrected chi connectivity index (χ0v) is 16.8. The van der Waals surface area contributed by atoms with E-state index in [0.29, 0.717) is 16.6 Å². The van der Waals surface area contributed by atoms with Crippen molar-refractivity contribution in [3.05, 3.63) is 69.7 Å². The van der Waals surface area contributed by atoms with Crippen molar-refractivity contribution in [2.75, 3.05) is 0 Å². The van der Waals surface area contributed by atoms with Crippen LogP contribution in [-0.4, -0.2) is 13.4 Å². The maximum atomic E-state index is 12.9. The summed E-state index contributed by atoms with van der Waals surface area (Å²) in [5.74, 6) is 0. The van der Waals surface area contributed by atoms with Crippen molar-refractivity contribution in [2.45, 2.75) is 24.5 Å². The fourth-order valence-corrected chi connectivity index (χ4v) is 5.04. The number of halogens is 4. The van der Waals surface area contributed by atoms with E-state index in [1.807, 2.05) is 30.3 Å². The Morgan fingerprint density at radius 2 is 1.82 bits per heavy atom. The summed E-state index contributed by atoms with van der Waals surface area (Å²) in [4.78, 5) is 4.47. The molecule has 0 saturated heterocycles. The Morgan fingerprint density at radius 3 is 2.46 bits per heavy atom. The molecule has 0 aliphatic rings. The Balaban J connectivity index is 1.84. The van der Waals surface area contributed by atoms with Gasteiger partial charge in [0.2, 0.25) is 10.0 Å². The fourth-order valence-electron chi connectivity index (χ4n) is 2.42. The number of alkyl halides is 3. The molecule has 0 bridgehead atoms. The quantitative estimate of drug-likeness (QED) is 0.581. The Morgan fingerprint density at radius 1 is 1.14 bits per heavy atom. The van der Waals surface area contributed by atoms with Crippen LogP contribution in [0.25, 0.3) is 10.6 Å². The van der Waals surface area contributed by atoms with Crippen molar-refractivity contribution in [1.29, 1.82) is 0 Å². The summed E-state index contributed by atoms with van der Waals surface area (Å²) in [5, 5.41) is 0.441. The first kappa shape index (κ1) is 20.8. The second-order valence-electron chi connectivity index (χ2n) is 5.86. The van der Waals surface area contributed by atoms with Crippen molar-refractivity contribution in [3.63, 3.8) is 0 Å². The van der Waals surface area contributed by atoms with Gasteiger partial charge < -0.3 is 0 Å². The first-order valence-electron chi connectivity index (χ1n) is 7.96. The second kappa shape index (κ2) is 7.82. The van der Waals surface area contributed by atoms with E-state index in [1.54, 1.807) is 6.92 Å². The van der Waals surface area contributed by atoms with Gasteiger partial charge in [-0.2, -0.15) is 13.2 Å². The predicted octanol–water partition coefficient (Wildman–Crippen LogP) is 5.27. The summed E-state index contributed by atoms with van der Waals surface area (Å²) < 4.78 is 66.0. The molecule has 1 heterocycles. The van der Waals surface area contributed by atoms with Crippen LogP contribution in [0.3, 0.4) is 0 Å². The maximum Gasteiger partial charge on any atom is 0.416 e. The Kier molecular flexibility index (Phi) is 5.81. The normalized spacial score (nSPS) is 12.3. The van der Waals surface area contributed by atoms with E-state index in [4.69, 9.17) is 11.6 Å². The van der Waals surface area contributed by atoms with E-state index in [9.17, 15) is 21.6 Å². The molecule has 0 aliphatic carbocycles. The molecule has 1 N–H and O–H groups in total. The van der Waals surface area contributed by atoms with Gasteiger partial charge >= 0.3 is 6.18 Å². The summed E-state index contributed by atoms with van der Waals surface area (Å²) in [5.41, 5.74) is 0.449. The number of thiazole rings is 1. The molecule has 0 fully saturated rings. The molecule has 2 aromatic carbocycles. The molecule has 1 aromatic heterocycles. The van der Waals surface area contributed by atoms with Crippen LogP contribution in [0.15, 0.2) is 53.4 Å². The Bertz CT molecular complexity index is 1100. The lowest BCUT2D eigenvalue weighted by Crippen LogP contribution is -2.24. The van der Waals surface area contributed by atoms with Crippen LogP contribution in [0.1, 0.15) is 16.1 Å². The van der Waals surface area contributed by atoms with Crippen molar-refractivity contribution in [1.82, 2.24) is 9.71 Å². The van der Waals surface area contributed by atoms with Gasteiger partial charge in [-0.3, -0.25) is 0 Å². The number of nitrogens with zero attached hydrogens (tertiary/aromatic N) is 1. The fraction of sp³-hybridized carbons (Fsp3) is 0.167. The summed E-state index contributed by atoms with van der Waals surface area (Å²) in [7, 11) is -4.25. The maximum absolute atomic E-state index is 12.9. The van der Waals surface area contributed by atoms with E-state index in [2.05, 4.69) is 9.71 Å². The van der Waals surface area contributed by atoms with Gasteiger partial charge in [0, 0.05) is 17.0 Å². The van der Waals surface area contributed by atoms with E-state index >= 15 is 0 Å². The van der Waals surface area contributed by atoms with Crippen LogP contribution in [0, 0.1) is 6.92 Å². The number of sulfonamides is 1. The van der Waals surface area contributed by atoms with Crippen LogP contribution in [0.4, 0.5) is 13.2 Å². The Labute approximate surface area is 169 Å². The molecule has 3 aromatic rings. The molecule has 28 heavy (non-hydrogen) atoms. The molecule has 0 unspecified atom stereocenters. The SMILES string of the molecule is Cc1nc(-c2ccccc2)sc1CNS(=O)(=O)c1cc(C(F)(F)F)ccc1Cl. The summed E-state index contributed by atoms with van der Waals surface area (Å²) >= 11 is 7.14. The molecule has 4 nitrogen and oxygen atoms in total. The topological polar surface area (TPSA) is 59.1 Å². The number of aromatic nitrogens is 1. The van der Waals surface area contributed by atoms with Crippen molar-refractivity contribution in [3.8, 4) is 10.6 Å². The van der Waals surface area contributed by atoms with E-state index in [-0.39, 0.29) is 11.6 Å². The van der Waals surface area contributed by atoms with Crippen LogP contribution in [-0.2, 0) is 22.7 Å². The van der Waals surface area contributed by atoms with Gasteiger partial charge in [0.1, 0.15) is 9.90 Å². The van der Waals surface area contributed by atoms with Gasteiger partial charge in [-0.1, -0.05) is 41.9 Å². The predicted molar refractivity (Wildman–Crippen MR) is 103 cm³/mol. The lowest BCUT2D eigenvalue weighted by molar-refractivity contribution is -0.137. The van der Waals surface area contributed by atoms with Gasteiger partial charge in [-0.05, 0) is 25.1 Å². The smallest absolute Gasteiger partial charge is 0.241 e. The highest BCUT2D eigenvalue weighted by Gasteiger charge is 2.32. The van der Waals surface area contributed by atoms with Crippen molar-refractivity contribution >= 4 is 33.0 Å². The lowest BCUT2D eigenvalue weighted by atomic mass is 10.2. The van der Waals surface area contributed by atoms with Gasteiger partial charge in [-0.15, -0.1) is 11.3 Å². The average molecular weight is 447 g/mol. The standard InChI is InChI=1S/C18H14ClF3N2O2S2/c1-11-15(27-17(24-11)12-5-3-2-4-6-12)10-23-28(25,26)16-9-13(18(20,21)22)7-8-14(16)19/h2-9,23H,10H2,1H3.